The Morgan fingerprint density at radius 1 is 1.21 bits per heavy atom. The molecule has 170 valence electrons. The fourth-order valence-corrected chi connectivity index (χ4v) is 5.05. The zero-order valence-corrected chi connectivity index (χ0v) is 19.0. The molecule has 3 heterocycles. The van der Waals surface area contributed by atoms with Crippen LogP contribution in [0.1, 0.15) is 54.6 Å². The van der Waals surface area contributed by atoms with Crippen molar-refractivity contribution in [1.29, 1.82) is 0 Å². The monoisotopic (exact) mass is 444 g/mol. The van der Waals surface area contributed by atoms with Crippen LogP contribution < -0.4 is 4.74 Å². The number of nitrogens with zero attached hydrogens (tertiary/aromatic N) is 1. The third-order valence-electron chi connectivity index (χ3n) is 6.69. The summed E-state index contributed by atoms with van der Waals surface area (Å²) < 4.78 is 5.70. The van der Waals surface area contributed by atoms with E-state index in [-0.39, 0.29) is 11.3 Å². The van der Waals surface area contributed by atoms with Crippen LogP contribution in [0.2, 0.25) is 0 Å². The van der Waals surface area contributed by atoms with Crippen LogP contribution in [0.5, 0.6) is 5.75 Å². The van der Waals surface area contributed by atoms with Crippen LogP contribution in [-0.4, -0.2) is 39.8 Å². The highest BCUT2D eigenvalue weighted by atomic mass is 16.5. The normalized spacial score (nSPS) is 19.7. The number of carbonyl (C=O) groups is 2. The molecule has 0 aliphatic carbocycles. The highest BCUT2D eigenvalue weighted by Gasteiger charge is 2.47. The fourth-order valence-electron chi connectivity index (χ4n) is 5.05. The fraction of sp³-hybridized carbons (Fsp3) is 0.333. The van der Waals surface area contributed by atoms with Crippen molar-refractivity contribution in [2.24, 2.45) is 0 Å². The quantitative estimate of drug-likeness (QED) is 0.329. The van der Waals surface area contributed by atoms with Crippen LogP contribution >= 0.6 is 0 Å². The number of rotatable bonds is 5. The summed E-state index contributed by atoms with van der Waals surface area (Å²) in [6.45, 7) is 5.14. The number of aryl methyl sites for hydroxylation is 2. The first-order valence-corrected chi connectivity index (χ1v) is 11.6. The zero-order chi connectivity index (χ0) is 23.1. The number of unbranched alkanes of at least 4 members (excludes halogenated alkanes) is 1. The Bertz CT molecular complexity index is 1290. The summed E-state index contributed by atoms with van der Waals surface area (Å²) in [5.74, 6) is -0.506. The molecule has 2 N–H and O–H groups in total. The number of H-pyrrole nitrogens is 1. The van der Waals surface area contributed by atoms with Gasteiger partial charge in [-0.2, -0.15) is 0 Å². The van der Waals surface area contributed by atoms with E-state index in [0.29, 0.717) is 18.7 Å². The van der Waals surface area contributed by atoms with Gasteiger partial charge in [-0.1, -0.05) is 31.5 Å². The summed E-state index contributed by atoms with van der Waals surface area (Å²) in [6.07, 6.45) is 3.44. The van der Waals surface area contributed by atoms with Crippen LogP contribution in [0.25, 0.3) is 16.7 Å². The molecule has 0 spiro atoms. The number of carbonyl (C=O) groups excluding carboxylic acids is 2. The molecule has 1 amide bonds. The third kappa shape index (κ3) is 3.50. The van der Waals surface area contributed by atoms with E-state index in [0.717, 1.165) is 59.2 Å². The van der Waals surface area contributed by atoms with Gasteiger partial charge in [0.05, 0.1) is 18.2 Å². The van der Waals surface area contributed by atoms with Gasteiger partial charge in [-0.3, -0.25) is 9.59 Å². The first kappa shape index (κ1) is 21.3. The number of ketones is 1. The number of aromatic nitrogens is 1. The maximum absolute atomic E-state index is 13.3. The van der Waals surface area contributed by atoms with Gasteiger partial charge in [0.1, 0.15) is 11.5 Å². The molecule has 0 saturated carbocycles. The lowest BCUT2D eigenvalue weighted by Crippen LogP contribution is -2.30. The zero-order valence-electron chi connectivity index (χ0n) is 19.0. The third-order valence-corrected chi connectivity index (χ3v) is 6.69. The molecular weight excluding hydrogens is 416 g/mol. The van der Waals surface area contributed by atoms with Gasteiger partial charge in [0.15, 0.2) is 0 Å². The number of likely N-dealkylation sites (tertiary alicyclic amines) is 1. The van der Waals surface area contributed by atoms with Crippen LogP contribution in [-0.2, 0) is 16.0 Å². The number of hydrogen-bond donors (Lipinski definition) is 2. The molecule has 6 heteroatoms. The van der Waals surface area contributed by atoms with Crippen LogP contribution in [0.3, 0.4) is 0 Å². The summed E-state index contributed by atoms with van der Waals surface area (Å²) >= 11 is 0. The molecular formula is C27H28N2O4. The van der Waals surface area contributed by atoms with E-state index in [1.165, 1.54) is 0 Å². The molecule has 6 nitrogen and oxygen atoms in total. The number of aliphatic hydroxyl groups excluding tert-OH is 1. The lowest BCUT2D eigenvalue weighted by Gasteiger charge is -2.25. The van der Waals surface area contributed by atoms with E-state index in [2.05, 4.69) is 11.9 Å². The Kier molecular flexibility index (Phi) is 5.44. The van der Waals surface area contributed by atoms with E-state index >= 15 is 0 Å². The molecule has 1 atom stereocenters. The molecule has 1 fully saturated rings. The van der Waals surface area contributed by atoms with Crippen molar-refractivity contribution >= 4 is 28.4 Å². The first-order valence-electron chi connectivity index (χ1n) is 11.6. The van der Waals surface area contributed by atoms with E-state index in [4.69, 9.17) is 4.74 Å². The molecule has 5 rings (SSSR count). The summed E-state index contributed by atoms with van der Waals surface area (Å²) in [7, 11) is 0. The van der Waals surface area contributed by atoms with Crippen molar-refractivity contribution in [3.05, 3.63) is 70.4 Å². The molecule has 1 aromatic heterocycles. The Morgan fingerprint density at radius 2 is 2.03 bits per heavy atom. The average Bonchev–Trinajstić information content (AvgIpc) is 3.29. The lowest BCUT2D eigenvalue weighted by atomic mass is 9.92. The predicted molar refractivity (Wildman–Crippen MR) is 127 cm³/mol. The Morgan fingerprint density at radius 3 is 2.85 bits per heavy atom. The second-order valence-electron chi connectivity index (χ2n) is 8.83. The number of aromatic amines is 1. The van der Waals surface area contributed by atoms with Gasteiger partial charge in [-0.15, -0.1) is 0 Å². The number of aliphatic hydroxyl groups is 1. The summed E-state index contributed by atoms with van der Waals surface area (Å²) in [5.41, 5.74) is 4.39. The smallest absolute Gasteiger partial charge is 0.295 e. The van der Waals surface area contributed by atoms with Crippen molar-refractivity contribution < 1.29 is 19.4 Å². The summed E-state index contributed by atoms with van der Waals surface area (Å²) in [6, 6.07) is 12.7. The van der Waals surface area contributed by atoms with Gasteiger partial charge in [-0.25, -0.2) is 0 Å². The van der Waals surface area contributed by atoms with E-state index in [9.17, 15) is 14.7 Å². The van der Waals surface area contributed by atoms with Crippen molar-refractivity contribution in [3.63, 3.8) is 0 Å². The average molecular weight is 445 g/mol. The molecule has 2 aliphatic heterocycles. The topological polar surface area (TPSA) is 82.6 Å². The van der Waals surface area contributed by atoms with Crippen molar-refractivity contribution in [2.75, 3.05) is 13.2 Å². The predicted octanol–water partition coefficient (Wildman–Crippen LogP) is 5.02. The van der Waals surface area contributed by atoms with Crippen LogP contribution in [0.15, 0.2) is 48.0 Å². The van der Waals surface area contributed by atoms with E-state index in [1.807, 2.05) is 43.3 Å². The number of Topliss-reactive ketones (excluding diaryl/α,β-unsaturated/α-hetero) is 1. The van der Waals surface area contributed by atoms with Gasteiger partial charge in [0.25, 0.3) is 11.7 Å². The minimum Gasteiger partial charge on any atom is -0.507 e. The minimum absolute atomic E-state index is 0.129. The molecule has 2 aliphatic rings. The number of benzene rings is 2. The van der Waals surface area contributed by atoms with Gasteiger partial charge in [0, 0.05) is 34.3 Å². The van der Waals surface area contributed by atoms with Gasteiger partial charge in [0.2, 0.25) is 0 Å². The number of hydrogen-bond acceptors (Lipinski definition) is 4. The van der Waals surface area contributed by atoms with Crippen molar-refractivity contribution in [1.82, 2.24) is 9.88 Å². The van der Waals surface area contributed by atoms with Gasteiger partial charge in [-0.05, 0) is 56.0 Å². The Labute approximate surface area is 192 Å². The highest BCUT2D eigenvalue weighted by Crippen LogP contribution is 2.43. The second-order valence-corrected chi connectivity index (χ2v) is 8.83. The number of amides is 1. The molecule has 33 heavy (non-hydrogen) atoms. The summed E-state index contributed by atoms with van der Waals surface area (Å²) in [5, 5.41) is 12.4. The molecule has 0 radical (unpaired) electrons. The molecule has 0 bridgehead atoms. The number of nitrogens with one attached hydrogen (secondary N) is 1. The number of para-hydroxylation sites is 1. The molecule has 1 unspecified atom stereocenters. The molecule has 3 aromatic rings. The molecule has 1 saturated heterocycles. The number of fused-ring (bicyclic) bond motifs is 2. The number of ether oxygens (including phenoxy) is 1. The van der Waals surface area contributed by atoms with Crippen LogP contribution in [0, 0.1) is 6.92 Å². The van der Waals surface area contributed by atoms with Gasteiger partial charge < -0.3 is 19.7 Å². The maximum atomic E-state index is 13.3. The minimum atomic E-state index is -0.639. The van der Waals surface area contributed by atoms with Gasteiger partial charge >= 0.3 is 0 Å². The Hall–Kier alpha value is -3.54. The lowest BCUT2D eigenvalue weighted by molar-refractivity contribution is -0.139. The maximum Gasteiger partial charge on any atom is 0.295 e. The largest absolute Gasteiger partial charge is 0.507 e. The standard InChI is InChI=1S/C27H28N2O4/c1-3-4-13-29-24(22-16(2)28-20-10-6-5-9-19(20)22)23(26(31)27(29)32)25(30)18-11-12-21-17(15-18)8-7-14-33-21/h5-6,9-12,15,24,28,30H,3-4,7-8,13-14H2,1-2H3/b25-23+. The highest BCUT2D eigenvalue weighted by molar-refractivity contribution is 6.46. The SMILES string of the molecule is CCCCN1C(=O)C(=O)/C(=C(/O)c2ccc3c(c2)CCCO3)C1c1c(C)[nH]c2ccccc12. The van der Waals surface area contributed by atoms with Crippen molar-refractivity contribution in [3.8, 4) is 5.75 Å². The first-order chi connectivity index (χ1) is 16.0. The van der Waals surface area contributed by atoms with Crippen LogP contribution in [0.4, 0.5) is 0 Å². The van der Waals surface area contributed by atoms with E-state index < -0.39 is 17.7 Å². The van der Waals surface area contributed by atoms with Crippen molar-refractivity contribution in [2.45, 2.75) is 45.6 Å². The summed E-state index contributed by atoms with van der Waals surface area (Å²) in [4.78, 5) is 31.4. The Balaban J connectivity index is 1.71. The van der Waals surface area contributed by atoms with E-state index in [1.54, 1.807) is 11.0 Å². The second kappa shape index (κ2) is 8.43. The molecule has 2 aromatic carbocycles.